The summed E-state index contributed by atoms with van der Waals surface area (Å²) in [5, 5.41) is 3.68. The second-order valence-corrected chi connectivity index (χ2v) is 5.79. The van der Waals surface area contributed by atoms with E-state index in [1.165, 1.54) is 39.3 Å². The Hall–Kier alpha value is -0.610. The van der Waals surface area contributed by atoms with Crippen LogP contribution in [-0.4, -0.2) is 49.7 Å². The zero-order valence-corrected chi connectivity index (χ0v) is 11.7. The van der Waals surface area contributed by atoms with Gasteiger partial charge >= 0.3 is 5.97 Å². The number of hydrogen-bond acceptors (Lipinski definition) is 4. The molecule has 2 aliphatic rings. The Kier molecular flexibility index (Phi) is 5.01. The molecule has 0 bridgehead atoms. The zero-order valence-electron chi connectivity index (χ0n) is 11.7. The monoisotopic (exact) mass is 254 g/mol. The molecule has 18 heavy (non-hydrogen) atoms. The van der Waals surface area contributed by atoms with Crippen LogP contribution in [0, 0.1) is 5.92 Å². The minimum absolute atomic E-state index is 0.100. The predicted molar refractivity (Wildman–Crippen MR) is 71.4 cm³/mol. The van der Waals surface area contributed by atoms with E-state index in [1.807, 2.05) is 0 Å². The van der Waals surface area contributed by atoms with E-state index in [2.05, 4.69) is 17.1 Å². The van der Waals surface area contributed by atoms with Crippen LogP contribution in [0.15, 0.2) is 0 Å². The number of hydrogen-bond donors (Lipinski definition) is 1. The molecule has 1 aliphatic heterocycles. The lowest BCUT2D eigenvalue weighted by molar-refractivity contribution is -0.142. The average molecular weight is 254 g/mol. The van der Waals surface area contributed by atoms with E-state index in [0.29, 0.717) is 18.5 Å². The average Bonchev–Trinajstić information content (AvgIpc) is 3.20. The highest BCUT2D eigenvalue weighted by Gasteiger charge is 2.26. The third-order valence-corrected chi connectivity index (χ3v) is 4.23. The van der Waals surface area contributed by atoms with Gasteiger partial charge in [0.25, 0.3) is 0 Å². The molecule has 0 aromatic heterocycles. The van der Waals surface area contributed by atoms with Gasteiger partial charge in [0.2, 0.25) is 0 Å². The van der Waals surface area contributed by atoms with Crippen molar-refractivity contribution in [1.29, 1.82) is 0 Å². The summed E-state index contributed by atoms with van der Waals surface area (Å²) in [7, 11) is 1.46. The number of esters is 1. The topological polar surface area (TPSA) is 41.6 Å². The molecule has 4 nitrogen and oxygen atoms in total. The number of methoxy groups -OCH3 is 1. The zero-order chi connectivity index (χ0) is 13.0. The van der Waals surface area contributed by atoms with E-state index in [0.717, 1.165) is 19.0 Å². The fourth-order valence-corrected chi connectivity index (χ4v) is 2.65. The van der Waals surface area contributed by atoms with Crippen molar-refractivity contribution in [3.63, 3.8) is 0 Å². The molecule has 1 N–H and O–H groups in total. The second kappa shape index (κ2) is 6.53. The SMILES string of the molecule is COC(=O)CC(C)N1CCC(NCC2CC2)CC1. The summed E-state index contributed by atoms with van der Waals surface area (Å²) >= 11 is 0. The standard InChI is InChI=1S/C14H26N2O2/c1-11(9-14(17)18-2)16-7-5-13(6-8-16)15-10-12-3-4-12/h11-13,15H,3-10H2,1-2H3. The fourth-order valence-electron chi connectivity index (χ4n) is 2.65. The Balaban J connectivity index is 1.63. The molecule has 104 valence electrons. The van der Waals surface area contributed by atoms with Crippen LogP contribution in [0.25, 0.3) is 0 Å². The Morgan fingerprint density at radius 1 is 1.33 bits per heavy atom. The number of carbonyl (C=O) groups excluding carboxylic acids is 1. The van der Waals surface area contributed by atoms with Gasteiger partial charge in [0.05, 0.1) is 13.5 Å². The van der Waals surface area contributed by atoms with E-state index in [-0.39, 0.29) is 5.97 Å². The molecule has 1 heterocycles. The van der Waals surface area contributed by atoms with Crippen molar-refractivity contribution in [2.24, 2.45) is 5.92 Å². The molecule has 0 spiro atoms. The van der Waals surface area contributed by atoms with Crippen molar-refractivity contribution in [1.82, 2.24) is 10.2 Å². The second-order valence-electron chi connectivity index (χ2n) is 5.79. The number of piperidine rings is 1. The van der Waals surface area contributed by atoms with Crippen LogP contribution in [0.2, 0.25) is 0 Å². The van der Waals surface area contributed by atoms with Gasteiger partial charge < -0.3 is 10.1 Å². The van der Waals surface area contributed by atoms with E-state index in [9.17, 15) is 4.79 Å². The maximum atomic E-state index is 11.3. The summed E-state index contributed by atoms with van der Waals surface area (Å²) < 4.78 is 4.73. The first-order chi connectivity index (χ1) is 8.69. The van der Waals surface area contributed by atoms with Crippen LogP contribution in [0.5, 0.6) is 0 Å². The van der Waals surface area contributed by atoms with Gasteiger partial charge in [-0.3, -0.25) is 9.69 Å². The molecule has 0 amide bonds. The lowest BCUT2D eigenvalue weighted by atomic mass is 10.0. The van der Waals surface area contributed by atoms with E-state index >= 15 is 0 Å². The van der Waals surface area contributed by atoms with Crippen molar-refractivity contribution in [2.45, 2.75) is 51.1 Å². The van der Waals surface area contributed by atoms with Crippen molar-refractivity contribution in [3.8, 4) is 0 Å². The van der Waals surface area contributed by atoms with Crippen LogP contribution < -0.4 is 5.32 Å². The molecule has 0 aromatic carbocycles. The highest BCUT2D eigenvalue weighted by Crippen LogP contribution is 2.28. The molecule has 4 heteroatoms. The maximum Gasteiger partial charge on any atom is 0.307 e. The maximum absolute atomic E-state index is 11.3. The number of ether oxygens (including phenoxy) is 1. The van der Waals surface area contributed by atoms with E-state index in [4.69, 9.17) is 4.74 Å². The molecule has 1 atom stereocenters. The van der Waals surface area contributed by atoms with Gasteiger partial charge in [-0.15, -0.1) is 0 Å². The van der Waals surface area contributed by atoms with Crippen molar-refractivity contribution < 1.29 is 9.53 Å². The number of nitrogens with one attached hydrogen (secondary N) is 1. The Labute approximate surface area is 110 Å². The highest BCUT2D eigenvalue weighted by molar-refractivity contribution is 5.69. The molecule has 2 fully saturated rings. The smallest absolute Gasteiger partial charge is 0.307 e. The van der Waals surface area contributed by atoms with Gasteiger partial charge in [-0.05, 0) is 58.2 Å². The third kappa shape index (κ3) is 4.25. The van der Waals surface area contributed by atoms with Crippen LogP contribution in [0.1, 0.15) is 39.0 Å². The molecule has 0 radical (unpaired) electrons. The first-order valence-corrected chi connectivity index (χ1v) is 7.23. The Morgan fingerprint density at radius 3 is 2.56 bits per heavy atom. The normalized spacial score (nSPS) is 23.9. The summed E-state index contributed by atoms with van der Waals surface area (Å²) in [6, 6.07) is 0.994. The first kappa shape index (κ1) is 13.8. The van der Waals surface area contributed by atoms with Crippen LogP contribution >= 0.6 is 0 Å². The molecule has 1 aliphatic carbocycles. The molecule has 1 saturated heterocycles. The summed E-state index contributed by atoms with van der Waals surface area (Å²) in [4.78, 5) is 13.7. The molecule has 1 saturated carbocycles. The van der Waals surface area contributed by atoms with Gasteiger partial charge in [-0.2, -0.15) is 0 Å². The van der Waals surface area contributed by atoms with Crippen LogP contribution in [0.4, 0.5) is 0 Å². The number of likely N-dealkylation sites (tertiary alicyclic amines) is 1. The lowest BCUT2D eigenvalue weighted by Gasteiger charge is -2.36. The van der Waals surface area contributed by atoms with Gasteiger partial charge in [-0.25, -0.2) is 0 Å². The molecule has 0 aromatic rings. The van der Waals surface area contributed by atoms with Crippen LogP contribution in [-0.2, 0) is 9.53 Å². The number of nitrogens with zero attached hydrogens (tertiary/aromatic N) is 1. The van der Waals surface area contributed by atoms with Gasteiger partial charge in [0.1, 0.15) is 0 Å². The predicted octanol–water partition coefficient (Wildman–Crippen LogP) is 1.40. The lowest BCUT2D eigenvalue weighted by Crippen LogP contribution is -2.46. The molecule has 1 unspecified atom stereocenters. The highest BCUT2D eigenvalue weighted by atomic mass is 16.5. The largest absolute Gasteiger partial charge is 0.469 e. The number of carbonyl (C=O) groups is 1. The van der Waals surface area contributed by atoms with Gasteiger partial charge in [-0.1, -0.05) is 0 Å². The summed E-state index contributed by atoms with van der Waals surface area (Å²) in [6.45, 7) is 5.53. The van der Waals surface area contributed by atoms with Gasteiger partial charge in [0.15, 0.2) is 0 Å². The van der Waals surface area contributed by atoms with Crippen LogP contribution in [0.3, 0.4) is 0 Å². The summed E-state index contributed by atoms with van der Waals surface area (Å²) in [6.07, 6.45) is 5.76. The quantitative estimate of drug-likeness (QED) is 0.728. The number of rotatable bonds is 6. The van der Waals surface area contributed by atoms with Crippen molar-refractivity contribution in [2.75, 3.05) is 26.7 Å². The summed E-state index contributed by atoms with van der Waals surface area (Å²) in [5.74, 6) is 0.859. The molecule has 2 rings (SSSR count). The minimum atomic E-state index is -0.100. The van der Waals surface area contributed by atoms with Gasteiger partial charge in [0, 0.05) is 12.1 Å². The summed E-state index contributed by atoms with van der Waals surface area (Å²) in [5.41, 5.74) is 0. The van der Waals surface area contributed by atoms with Crippen molar-refractivity contribution >= 4 is 5.97 Å². The third-order valence-electron chi connectivity index (χ3n) is 4.23. The Morgan fingerprint density at radius 2 is 2.00 bits per heavy atom. The minimum Gasteiger partial charge on any atom is -0.469 e. The molecular weight excluding hydrogens is 228 g/mol. The van der Waals surface area contributed by atoms with E-state index < -0.39 is 0 Å². The van der Waals surface area contributed by atoms with Crippen molar-refractivity contribution in [3.05, 3.63) is 0 Å². The molecular formula is C14H26N2O2. The Bertz CT molecular complexity index is 271. The van der Waals surface area contributed by atoms with E-state index in [1.54, 1.807) is 0 Å². The first-order valence-electron chi connectivity index (χ1n) is 7.23. The fraction of sp³-hybridized carbons (Fsp3) is 0.929.